The zero-order valence-corrected chi connectivity index (χ0v) is 18.8. The highest BCUT2D eigenvalue weighted by Gasteiger charge is 2.31. The van der Waals surface area contributed by atoms with Crippen molar-refractivity contribution in [2.24, 2.45) is 0 Å². The highest BCUT2D eigenvalue weighted by Crippen LogP contribution is 2.34. The van der Waals surface area contributed by atoms with Crippen molar-refractivity contribution in [3.05, 3.63) is 60.6 Å². The second kappa shape index (κ2) is 7.53. The Kier molecular flexibility index (Phi) is 4.59. The molecule has 5 heterocycles. The average Bonchev–Trinajstić information content (AvgIpc) is 3.29. The molecule has 0 aliphatic carbocycles. The SMILES string of the molecule is Cc1ccc(S(=O)(=O)n2ccc3c(-c4ncc5c(n4)N4CCOCC4CN5)ccnc32)cc1. The van der Waals surface area contributed by atoms with Crippen molar-refractivity contribution in [3.63, 3.8) is 0 Å². The molecule has 1 N–H and O–H groups in total. The smallest absolute Gasteiger partial charge is 0.269 e. The fraction of sp³-hybridized carbons (Fsp3) is 0.261. The zero-order valence-electron chi connectivity index (χ0n) is 18.0. The van der Waals surface area contributed by atoms with E-state index in [4.69, 9.17) is 9.72 Å². The van der Waals surface area contributed by atoms with E-state index in [1.54, 1.807) is 42.7 Å². The van der Waals surface area contributed by atoms with Crippen LogP contribution in [0, 0.1) is 6.92 Å². The van der Waals surface area contributed by atoms with Gasteiger partial charge in [-0.25, -0.2) is 27.3 Å². The van der Waals surface area contributed by atoms with Gasteiger partial charge in [0.2, 0.25) is 0 Å². The molecule has 0 spiro atoms. The minimum absolute atomic E-state index is 0.215. The third kappa shape index (κ3) is 3.25. The molecule has 33 heavy (non-hydrogen) atoms. The van der Waals surface area contributed by atoms with Crippen LogP contribution in [0.15, 0.2) is 59.9 Å². The summed E-state index contributed by atoms with van der Waals surface area (Å²) < 4.78 is 33.4. The monoisotopic (exact) mass is 462 g/mol. The largest absolute Gasteiger partial charge is 0.379 e. The Morgan fingerprint density at radius 2 is 1.97 bits per heavy atom. The standard InChI is InChI=1S/C23H22N6O3S/c1-15-2-4-17(5-3-15)33(30,31)29-9-7-19-18(6-8-24-22(19)29)21-26-13-20-23(27-21)28-10-11-32-14-16(28)12-25-20/h2-9,13,16,25H,10-12,14H2,1H3. The number of hydrogen-bond donors (Lipinski definition) is 1. The van der Waals surface area contributed by atoms with E-state index < -0.39 is 10.0 Å². The molecule has 0 saturated carbocycles. The lowest BCUT2D eigenvalue weighted by atomic mass is 10.1. The Bertz CT molecular complexity index is 1470. The number of morpholine rings is 1. The maximum absolute atomic E-state index is 13.3. The summed E-state index contributed by atoms with van der Waals surface area (Å²) in [5.74, 6) is 1.37. The van der Waals surface area contributed by atoms with Gasteiger partial charge in [-0.1, -0.05) is 17.7 Å². The molecule has 4 aromatic rings. The molecule has 0 bridgehead atoms. The first-order valence-electron chi connectivity index (χ1n) is 10.8. The fourth-order valence-electron chi connectivity index (χ4n) is 4.40. The molecule has 1 atom stereocenters. The lowest BCUT2D eigenvalue weighted by Crippen LogP contribution is -2.52. The van der Waals surface area contributed by atoms with E-state index in [0.29, 0.717) is 30.1 Å². The maximum atomic E-state index is 13.3. The summed E-state index contributed by atoms with van der Waals surface area (Å²) >= 11 is 0. The van der Waals surface area contributed by atoms with Gasteiger partial charge in [-0.3, -0.25) is 0 Å². The van der Waals surface area contributed by atoms with E-state index in [9.17, 15) is 8.42 Å². The summed E-state index contributed by atoms with van der Waals surface area (Å²) in [4.78, 5) is 16.3. The maximum Gasteiger partial charge on any atom is 0.269 e. The molecule has 10 heteroatoms. The van der Waals surface area contributed by atoms with Crippen LogP contribution in [0.25, 0.3) is 22.4 Å². The second-order valence-corrected chi connectivity index (χ2v) is 10.1. The minimum atomic E-state index is -3.79. The van der Waals surface area contributed by atoms with Gasteiger partial charge in [-0.2, -0.15) is 0 Å². The van der Waals surface area contributed by atoms with Crippen molar-refractivity contribution < 1.29 is 13.2 Å². The molecule has 1 aromatic carbocycles. The molecule has 9 nitrogen and oxygen atoms in total. The summed E-state index contributed by atoms with van der Waals surface area (Å²) in [6.45, 7) is 4.80. The average molecular weight is 463 g/mol. The molecule has 2 aliphatic heterocycles. The van der Waals surface area contributed by atoms with Crippen LogP contribution in [0.4, 0.5) is 11.5 Å². The Balaban J connectivity index is 1.45. The Hall–Kier alpha value is -3.50. The number of nitrogens with one attached hydrogen (secondary N) is 1. The number of anilines is 2. The molecule has 168 valence electrons. The molecule has 3 aromatic heterocycles. The number of hydrogen-bond acceptors (Lipinski definition) is 8. The van der Waals surface area contributed by atoms with Crippen molar-refractivity contribution in [2.45, 2.75) is 17.9 Å². The van der Waals surface area contributed by atoms with Crippen LogP contribution in [0.1, 0.15) is 5.56 Å². The summed E-state index contributed by atoms with van der Waals surface area (Å²) in [5.41, 5.74) is 2.96. The predicted octanol–water partition coefficient (Wildman–Crippen LogP) is 2.67. The van der Waals surface area contributed by atoms with Gasteiger partial charge < -0.3 is 15.0 Å². The van der Waals surface area contributed by atoms with Crippen molar-refractivity contribution in [1.29, 1.82) is 0 Å². The molecule has 0 amide bonds. The summed E-state index contributed by atoms with van der Waals surface area (Å²) in [7, 11) is -3.79. The van der Waals surface area contributed by atoms with E-state index in [2.05, 4.69) is 20.2 Å². The third-order valence-electron chi connectivity index (χ3n) is 6.17. The van der Waals surface area contributed by atoms with Gasteiger partial charge in [0.15, 0.2) is 17.3 Å². The predicted molar refractivity (Wildman–Crippen MR) is 125 cm³/mol. The Morgan fingerprint density at radius 3 is 2.82 bits per heavy atom. The number of nitrogens with zero attached hydrogens (tertiary/aromatic N) is 5. The van der Waals surface area contributed by atoms with Crippen molar-refractivity contribution >= 4 is 32.6 Å². The Labute approximate surface area is 191 Å². The number of aryl methyl sites for hydroxylation is 1. The Morgan fingerprint density at radius 1 is 1.12 bits per heavy atom. The van der Waals surface area contributed by atoms with Crippen molar-refractivity contribution in [2.75, 3.05) is 36.5 Å². The molecule has 2 aliphatic rings. The summed E-state index contributed by atoms with van der Waals surface area (Å²) in [5, 5.41) is 4.06. The van der Waals surface area contributed by atoms with E-state index in [-0.39, 0.29) is 10.9 Å². The van der Waals surface area contributed by atoms with E-state index >= 15 is 0 Å². The quantitative estimate of drug-likeness (QED) is 0.496. The molecule has 1 fully saturated rings. The topological polar surface area (TPSA) is 102 Å². The van der Waals surface area contributed by atoms with Gasteiger partial charge in [-0.05, 0) is 31.2 Å². The van der Waals surface area contributed by atoms with Gasteiger partial charge >= 0.3 is 0 Å². The number of fused-ring (bicyclic) bond motifs is 4. The number of aromatic nitrogens is 4. The van der Waals surface area contributed by atoms with Crippen LogP contribution in [-0.4, -0.2) is 59.7 Å². The van der Waals surface area contributed by atoms with Crippen LogP contribution in [-0.2, 0) is 14.8 Å². The fourth-order valence-corrected chi connectivity index (χ4v) is 5.71. The number of ether oxygens (including phenoxy) is 1. The van der Waals surface area contributed by atoms with Crippen molar-refractivity contribution in [3.8, 4) is 11.4 Å². The second-order valence-electron chi connectivity index (χ2n) is 8.26. The highest BCUT2D eigenvalue weighted by molar-refractivity contribution is 7.90. The van der Waals surface area contributed by atoms with Crippen LogP contribution in [0.2, 0.25) is 0 Å². The molecule has 0 radical (unpaired) electrons. The highest BCUT2D eigenvalue weighted by atomic mass is 32.2. The van der Waals surface area contributed by atoms with Crippen molar-refractivity contribution in [1.82, 2.24) is 18.9 Å². The first kappa shape index (κ1) is 20.1. The first-order chi connectivity index (χ1) is 16.0. The van der Waals surface area contributed by atoms with E-state index in [0.717, 1.165) is 35.7 Å². The number of benzene rings is 1. The number of pyridine rings is 1. The third-order valence-corrected chi connectivity index (χ3v) is 7.85. The lowest BCUT2D eigenvalue weighted by molar-refractivity contribution is 0.0959. The van der Waals surface area contributed by atoms with Crippen LogP contribution < -0.4 is 10.2 Å². The van der Waals surface area contributed by atoms with Gasteiger partial charge in [0, 0.05) is 36.4 Å². The van der Waals surface area contributed by atoms with Gasteiger partial charge in [0.1, 0.15) is 0 Å². The zero-order chi connectivity index (χ0) is 22.6. The summed E-state index contributed by atoms with van der Waals surface area (Å²) in [6.07, 6.45) is 4.92. The first-order valence-corrected chi connectivity index (χ1v) is 12.2. The van der Waals surface area contributed by atoms with E-state index in [1.807, 2.05) is 13.0 Å². The number of rotatable bonds is 3. The molecular formula is C23H22N6O3S. The summed E-state index contributed by atoms with van der Waals surface area (Å²) in [6, 6.07) is 10.6. The molecule has 1 unspecified atom stereocenters. The minimum Gasteiger partial charge on any atom is -0.379 e. The van der Waals surface area contributed by atoms with Crippen LogP contribution in [0.5, 0.6) is 0 Å². The molecular weight excluding hydrogens is 440 g/mol. The molecule has 6 rings (SSSR count). The normalized spacial score (nSPS) is 18.0. The van der Waals surface area contributed by atoms with Crippen LogP contribution in [0.3, 0.4) is 0 Å². The lowest BCUT2D eigenvalue weighted by Gasteiger charge is -2.41. The molecule has 1 saturated heterocycles. The van der Waals surface area contributed by atoms with E-state index in [1.165, 1.54) is 10.2 Å². The van der Waals surface area contributed by atoms with Gasteiger partial charge in [0.25, 0.3) is 10.0 Å². The van der Waals surface area contributed by atoms with Crippen LogP contribution >= 0.6 is 0 Å². The van der Waals surface area contributed by atoms with Gasteiger partial charge in [-0.15, -0.1) is 0 Å². The van der Waals surface area contributed by atoms with Gasteiger partial charge in [0.05, 0.1) is 36.0 Å².